The minimum atomic E-state index is -0.0123. The SMILES string of the molecule is CC(C)C(=O)CCCC(=O)NCCCOCCCNC=O. The van der Waals surface area contributed by atoms with Crippen molar-refractivity contribution >= 4 is 18.1 Å². The molecule has 0 aromatic heterocycles. The molecule has 0 saturated heterocycles. The van der Waals surface area contributed by atoms with Gasteiger partial charge < -0.3 is 15.4 Å². The zero-order valence-corrected chi connectivity index (χ0v) is 13.2. The molecule has 0 aliphatic heterocycles. The van der Waals surface area contributed by atoms with E-state index in [0.29, 0.717) is 52.0 Å². The molecule has 6 nitrogen and oxygen atoms in total. The zero-order chi connectivity index (χ0) is 15.9. The van der Waals surface area contributed by atoms with Gasteiger partial charge in [0.1, 0.15) is 5.78 Å². The first-order valence-electron chi connectivity index (χ1n) is 7.62. The summed E-state index contributed by atoms with van der Waals surface area (Å²) in [6, 6.07) is 0. The Balaban J connectivity index is 3.30. The number of ketones is 1. The lowest BCUT2D eigenvalue weighted by Crippen LogP contribution is -2.25. The van der Waals surface area contributed by atoms with Gasteiger partial charge in [0.05, 0.1) is 0 Å². The van der Waals surface area contributed by atoms with Crippen LogP contribution in [0.5, 0.6) is 0 Å². The van der Waals surface area contributed by atoms with E-state index in [4.69, 9.17) is 4.74 Å². The first kappa shape index (κ1) is 19.6. The van der Waals surface area contributed by atoms with Crippen LogP contribution in [-0.4, -0.2) is 44.4 Å². The van der Waals surface area contributed by atoms with Gasteiger partial charge in [-0.2, -0.15) is 0 Å². The minimum absolute atomic E-state index is 0.0123. The quantitative estimate of drug-likeness (QED) is 0.371. The molecule has 6 heteroatoms. The smallest absolute Gasteiger partial charge is 0.220 e. The van der Waals surface area contributed by atoms with Crippen molar-refractivity contribution in [3.63, 3.8) is 0 Å². The molecule has 2 N–H and O–H groups in total. The fraction of sp³-hybridized carbons (Fsp3) is 0.800. The number of ether oxygens (including phenoxy) is 1. The molecule has 2 amide bonds. The van der Waals surface area contributed by atoms with E-state index < -0.39 is 0 Å². The molecule has 0 aliphatic rings. The number of rotatable bonds is 14. The molecule has 122 valence electrons. The average Bonchev–Trinajstić information content (AvgIpc) is 2.45. The number of carbonyl (C=O) groups is 3. The lowest BCUT2D eigenvalue weighted by Gasteiger charge is -2.07. The van der Waals surface area contributed by atoms with E-state index >= 15 is 0 Å². The summed E-state index contributed by atoms with van der Waals surface area (Å²) >= 11 is 0. The van der Waals surface area contributed by atoms with E-state index in [1.807, 2.05) is 13.8 Å². The van der Waals surface area contributed by atoms with Gasteiger partial charge in [0.15, 0.2) is 0 Å². The van der Waals surface area contributed by atoms with Gasteiger partial charge in [-0.3, -0.25) is 14.4 Å². The molecule has 0 atom stereocenters. The van der Waals surface area contributed by atoms with Crippen LogP contribution < -0.4 is 10.6 Å². The summed E-state index contributed by atoms with van der Waals surface area (Å²) < 4.78 is 5.35. The number of amides is 2. The Bertz CT molecular complexity index is 306. The molecule has 0 spiro atoms. The lowest BCUT2D eigenvalue weighted by molar-refractivity contribution is -0.123. The minimum Gasteiger partial charge on any atom is -0.381 e. The Hall–Kier alpha value is -1.43. The van der Waals surface area contributed by atoms with Crippen molar-refractivity contribution in [3.8, 4) is 0 Å². The average molecular weight is 300 g/mol. The molecule has 0 heterocycles. The van der Waals surface area contributed by atoms with Crippen molar-refractivity contribution in [2.75, 3.05) is 26.3 Å². The molecule has 0 saturated carbocycles. The molecule has 0 fully saturated rings. The normalized spacial score (nSPS) is 10.4. The molecule has 0 unspecified atom stereocenters. The fourth-order valence-electron chi connectivity index (χ4n) is 1.64. The van der Waals surface area contributed by atoms with Crippen molar-refractivity contribution in [1.82, 2.24) is 10.6 Å². The second kappa shape index (κ2) is 13.5. The third kappa shape index (κ3) is 13.3. The first-order chi connectivity index (χ1) is 10.1. The molecular formula is C15H28N2O4. The summed E-state index contributed by atoms with van der Waals surface area (Å²) in [5, 5.41) is 5.37. The Kier molecular flexibility index (Phi) is 12.6. The van der Waals surface area contributed by atoms with E-state index in [2.05, 4.69) is 10.6 Å². The molecule has 0 aromatic carbocycles. The van der Waals surface area contributed by atoms with Crippen LogP contribution in [-0.2, 0) is 19.1 Å². The van der Waals surface area contributed by atoms with E-state index in [1.165, 1.54) is 0 Å². The maximum Gasteiger partial charge on any atom is 0.220 e. The molecule has 0 bridgehead atoms. The van der Waals surface area contributed by atoms with Crippen molar-refractivity contribution < 1.29 is 19.1 Å². The number of carbonyl (C=O) groups excluding carboxylic acids is 3. The second-order valence-corrected chi connectivity index (χ2v) is 5.22. The highest BCUT2D eigenvalue weighted by Gasteiger charge is 2.08. The number of nitrogens with one attached hydrogen (secondary N) is 2. The summed E-state index contributed by atoms with van der Waals surface area (Å²) in [6.45, 7) is 6.15. The van der Waals surface area contributed by atoms with Crippen molar-refractivity contribution in [2.24, 2.45) is 5.92 Å². The van der Waals surface area contributed by atoms with E-state index in [0.717, 1.165) is 12.8 Å². The van der Waals surface area contributed by atoms with Crippen LogP contribution in [0.1, 0.15) is 46.0 Å². The van der Waals surface area contributed by atoms with Gasteiger partial charge in [0.25, 0.3) is 0 Å². The third-order valence-corrected chi connectivity index (χ3v) is 2.95. The standard InChI is InChI=1S/C15H28N2O4/c1-13(2)14(19)6-3-7-15(20)17-9-5-11-21-10-4-8-16-12-18/h12-13H,3-11H2,1-2H3,(H,16,18)(H,17,20). The summed E-state index contributed by atoms with van der Waals surface area (Å²) in [7, 11) is 0. The molecular weight excluding hydrogens is 272 g/mol. The molecule has 0 rings (SSSR count). The van der Waals surface area contributed by atoms with Crippen LogP contribution in [0, 0.1) is 5.92 Å². The van der Waals surface area contributed by atoms with Gasteiger partial charge in [0.2, 0.25) is 12.3 Å². The third-order valence-electron chi connectivity index (χ3n) is 2.95. The Morgan fingerprint density at radius 2 is 1.71 bits per heavy atom. The van der Waals surface area contributed by atoms with Crippen LogP contribution in [0.25, 0.3) is 0 Å². The van der Waals surface area contributed by atoms with Crippen LogP contribution >= 0.6 is 0 Å². The highest BCUT2D eigenvalue weighted by Crippen LogP contribution is 2.03. The monoisotopic (exact) mass is 300 g/mol. The summed E-state index contributed by atoms with van der Waals surface area (Å²) in [5.41, 5.74) is 0. The maximum absolute atomic E-state index is 11.5. The molecule has 0 aromatic rings. The Morgan fingerprint density at radius 3 is 2.33 bits per heavy atom. The van der Waals surface area contributed by atoms with Gasteiger partial charge in [0, 0.05) is 45.1 Å². The van der Waals surface area contributed by atoms with Gasteiger partial charge in [-0.15, -0.1) is 0 Å². The topological polar surface area (TPSA) is 84.5 Å². The number of Topliss-reactive ketones (excluding diaryl/α,β-unsaturated/α-hetero) is 1. The van der Waals surface area contributed by atoms with Crippen LogP contribution in [0.3, 0.4) is 0 Å². The molecule has 0 radical (unpaired) electrons. The largest absolute Gasteiger partial charge is 0.381 e. The van der Waals surface area contributed by atoms with E-state index in [-0.39, 0.29) is 17.6 Å². The van der Waals surface area contributed by atoms with Crippen LogP contribution in [0.2, 0.25) is 0 Å². The van der Waals surface area contributed by atoms with E-state index in [1.54, 1.807) is 0 Å². The van der Waals surface area contributed by atoms with Crippen LogP contribution in [0.15, 0.2) is 0 Å². The maximum atomic E-state index is 11.5. The van der Waals surface area contributed by atoms with Gasteiger partial charge in [-0.05, 0) is 19.3 Å². The zero-order valence-electron chi connectivity index (χ0n) is 13.2. The fourth-order valence-corrected chi connectivity index (χ4v) is 1.64. The van der Waals surface area contributed by atoms with Crippen molar-refractivity contribution in [1.29, 1.82) is 0 Å². The summed E-state index contributed by atoms with van der Waals surface area (Å²) in [4.78, 5) is 32.9. The van der Waals surface area contributed by atoms with Crippen LogP contribution in [0.4, 0.5) is 0 Å². The summed E-state index contributed by atoms with van der Waals surface area (Å²) in [5.74, 6) is 0.244. The Morgan fingerprint density at radius 1 is 1.05 bits per heavy atom. The van der Waals surface area contributed by atoms with Gasteiger partial charge in [-0.25, -0.2) is 0 Å². The Labute approximate surface area is 127 Å². The highest BCUT2D eigenvalue weighted by atomic mass is 16.5. The molecule has 21 heavy (non-hydrogen) atoms. The van der Waals surface area contributed by atoms with Gasteiger partial charge >= 0.3 is 0 Å². The number of hydrogen-bond donors (Lipinski definition) is 2. The van der Waals surface area contributed by atoms with Crippen molar-refractivity contribution in [2.45, 2.75) is 46.0 Å². The number of hydrogen-bond acceptors (Lipinski definition) is 4. The predicted molar refractivity (Wildman–Crippen MR) is 80.8 cm³/mol. The first-order valence-corrected chi connectivity index (χ1v) is 7.62. The predicted octanol–water partition coefficient (Wildman–Crippen LogP) is 1.04. The second-order valence-electron chi connectivity index (χ2n) is 5.22. The molecule has 0 aliphatic carbocycles. The summed E-state index contributed by atoms with van der Waals surface area (Å²) in [6.07, 6.45) is 3.71. The highest BCUT2D eigenvalue weighted by molar-refractivity contribution is 5.81. The van der Waals surface area contributed by atoms with E-state index in [9.17, 15) is 14.4 Å². The lowest BCUT2D eigenvalue weighted by atomic mass is 10.0. The van der Waals surface area contributed by atoms with Gasteiger partial charge in [-0.1, -0.05) is 13.8 Å². The van der Waals surface area contributed by atoms with Crippen molar-refractivity contribution in [3.05, 3.63) is 0 Å².